The van der Waals surface area contributed by atoms with E-state index in [0.717, 1.165) is 0 Å². The molecule has 0 aromatic heterocycles. The number of carbonyl (C=O) groups excluding carboxylic acids is 2. The molecule has 30 heavy (non-hydrogen) atoms. The maximum absolute atomic E-state index is 11.4. The van der Waals surface area contributed by atoms with Gasteiger partial charge in [-0.2, -0.15) is 0 Å². The van der Waals surface area contributed by atoms with E-state index in [1.165, 1.54) is 0 Å². The highest BCUT2D eigenvalue weighted by atomic mass is 16.6. The summed E-state index contributed by atoms with van der Waals surface area (Å²) in [7, 11) is 0. The molecule has 0 aliphatic heterocycles. The summed E-state index contributed by atoms with van der Waals surface area (Å²) in [6.07, 6.45) is 1.53. The fourth-order valence-corrected chi connectivity index (χ4v) is 2.11. The molecule has 10 heteroatoms. The third kappa shape index (κ3) is 22.4. The van der Waals surface area contributed by atoms with E-state index < -0.39 is 17.7 Å². The zero-order valence-corrected chi connectivity index (χ0v) is 18.5. The number of nitrogens with one attached hydrogen (secondary N) is 2. The first-order valence-corrected chi connectivity index (χ1v) is 10.4. The molecule has 0 fully saturated rings. The monoisotopic (exact) mass is 434 g/mol. The Morgan fingerprint density at radius 3 is 1.73 bits per heavy atom. The summed E-state index contributed by atoms with van der Waals surface area (Å²) in [5.41, 5.74) is -0.498. The molecule has 0 aromatic rings. The van der Waals surface area contributed by atoms with Crippen molar-refractivity contribution in [3.8, 4) is 0 Å². The fourth-order valence-electron chi connectivity index (χ4n) is 2.11. The standard InChI is InChI=1S/C20H38N2O8/c1-20(2,3)30-19(26)22-10-6-12-28-14-16-29-15-13-27-11-5-9-21-17(23)7-4-8-18(24)25/h4-16H2,1-3H3,(H,21,23)(H,22,26)(H,24,25). The molecule has 0 atom stereocenters. The Morgan fingerprint density at radius 1 is 0.733 bits per heavy atom. The topological polar surface area (TPSA) is 132 Å². The minimum Gasteiger partial charge on any atom is -0.481 e. The molecule has 0 aromatic carbocycles. The van der Waals surface area contributed by atoms with Crippen LogP contribution in [0, 0.1) is 0 Å². The predicted octanol–water partition coefficient (Wildman–Crippen LogP) is 1.71. The molecule has 0 radical (unpaired) electrons. The molecule has 176 valence electrons. The van der Waals surface area contributed by atoms with Gasteiger partial charge in [-0.15, -0.1) is 0 Å². The van der Waals surface area contributed by atoms with Crippen LogP contribution in [0.1, 0.15) is 52.9 Å². The van der Waals surface area contributed by atoms with Crippen molar-refractivity contribution in [3.05, 3.63) is 0 Å². The smallest absolute Gasteiger partial charge is 0.407 e. The van der Waals surface area contributed by atoms with Crippen molar-refractivity contribution >= 4 is 18.0 Å². The van der Waals surface area contributed by atoms with Gasteiger partial charge in [0.05, 0.1) is 26.4 Å². The number of carboxylic acids is 1. The summed E-state index contributed by atoms with van der Waals surface area (Å²) < 4.78 is 21.3. The molecular formula is C20H38N2O8. The molecule has 0 unspecified atom stereocenters. The normalized spacial score (nSPS) is 11.2. The average Bonchev–Trinajstić information content (AvgIpc) is 2.63. The highest BCUT2D eigenvalue weighted by Gasteiger charge is 2.15. The van der Waals surface area contributed by atoms with Gasteiger partial charge >= 0.3 is 12.1 Å². The number of rotatable bonds is 18. The van der Waals surface area contributed by atoms with Gasteiger partial charge in [0.2, 0.25) is 5.91 Å². The minimum atomic E-state index is -0.891. The Labute approximate surface area is 179 Å². The molecule has 10 nitrogen and oxygen atoms in total. The van der Waals surface area contributed by atoms with E-state index >= 15 is 0 Å². The van der Waals surface area contributed by atoms with Crippen LogP contribution in [0.5, 0.6) is 0 Å². The number of ether oxygens (including phenoxy) is 4. The van der Waals surface area contributed by atoms with Crippen molar-refractivity contribution < 1.29 is 38.4 Å². The Kier molecular flexibility index (Phi) is 16.8. The maximum Gasteiger partial charge on any atom is 0.407 e. The fraction of sp³-hybridized carbons (Fsp3) is 0.850. The third-order valence-electron chi connectivity index (χ3n) is 3.46. The Bertz CT molecular complexity index is 480. The van der Waals surface area contributed by atoms with E-state index in [-0.39, 0.29) is 18.7 Å². The zero-order chi connectivity index (χ0) is 22.7. The van der Waals surface area contributed by atoms with Crippen LogP contribution in [-0.2, 0) is 28.5 Å². The maximum atomic E-state index is 11.4. The van der Waals surface area contributed by atoms with Crippen LogP contribution >= 0.6 is 0 Å². The van der Waals surface area contributed by atoms with Crippen molar-refractivity contribution in [1.82, 2.24) is 10.6 Å². The summed E-state index contributed by atoms with van der Waals surface area (Å²) in [5, 5.41) is 13.9. The lowest BCUT2D eigenvalue weighted by Crippen LogP contribution is -2.33. The van der Waals surface area contributed by atoms with Crippen molar-refractivity contribution in [2.45, 2.75) is 58.5 Å². The van der Waals surface area contributed by atoms with Gasteiger partial charge in [-0.1, -0.05) is 0 Å². The third-order valence-corrected chi connectivity index (χ3v) is 3.46. The predicted molar refractivity (Wildman–Crippen MR) is 110 cm³/mol. The SMILES string of the molecule is CC(C)(C)OC(=O)NCCCOCCOCCOCCCNC(=O)CCCC(=O)O. The van der Waals surface area contributed by atoms with Crippen LogP contribution < -0.4 is 10.6 Å². The number of aliphatic carboxylic acids is 1. The number of hydrogen-bond donors (Lipinski definition) is 3. The molecule has 0 spiro atoms. The van der Waals surface area contributed by atoms with Crippen LogP contribution in [-0.4, -0.2) is 81.4 Å². The number of carbonyl (C=O) groups is 3. The van der Waals surface area contributed by atoms with E-state index in [9.17, 15) is 14.4 Å². The molecule has 3 N–H and O–H groups in total. The second kappa shape index (κ2) is 17.9. The van der Waals surface area contributed by atoms with E-state index in [1.807, 2.05) is 20.8 Å². The van der Waals surface area contributed by atoms with Crippen LogP contribution in [0.2, 0.25) is 0 Å². The Hall–Kier alpha value is -1.91. The van der Waals surface area contributed by atoms with Gasteiger partial charge in [-0.3, -0.25) is 9.59 Å². The van der Waals surface area contributed by atoms with Gasteiger partial charge in [0.15, 0.2) is 0 Å². The molecule has 0 bridgehead atoms. The van der Waals surface area contributed by atoms with E-state index in [4.69, 9.17) is 24.1 Å². The first-order valence-electron chi connectivity index (χ1n) is 10.4. The van der Waals surface area contributed by atoms with Gasteiger partial charge in [-0.05, 0) is 40.0 Å². The van der Waals surface area contributed by atoms with Crippen LogP contribution in [0.25, 0.3) is 0 Å². The number of hydrogen-bond acceptors (Lipinski definition) is 7. The minimum absolute atomic E-state index is 0.00682. The summed E-state index contributed by atoms with van der Waals surface area (Å²) in [6, 6.07) is 0. The van der Waals surface area contributed by atoms with Crippen molar-refractivity contribution in [2.75, 3.05) is 52.7 Å². The van der Waals surface area contributed by atoms with Crippen molar-refractivity contribution in [2.24, 2.45) is 0 Å². The number of alkyl carbamates (subject to hydrolysis) is 1. The quantitative estimate of drug-likeness (QED) is 0.278. The molecule has 0 saturated carbocycles. The van der Waals surface area contributed by atoms with Crippen LogP contribution in [0.3, 0.4) is 0 Å². The Morgan fingerprint density at radius 2 is 1.23 bits per heavy atom. The molecule has 0 heterocycles. The molecule has 2 amide bonds. The van der Waals surface area contributed by atoms with Crippen molar-refractivity contribution in [3.63, 3.8) is 0 Å². The number of amides is 2. The van der Waals surface area contributed by atoms with Gasteiger partial charge in [0.1, 0.15) is 5.60 Å². The second-order valence-corrected chi connectivity index (χ2v) is 7.57. The molecule has 0 aliphatic rings. The van der Waals surface area contributed by atoms with E-state index in [1.54, 1.807) is 0 Å². The van der Waals surface area contributed by atoms with E-state index in [0.29, 0.717) is 72.0 Å². The van der Waals surface area contributed by atoms with Gasteiger partial charge in [0.25, 0.3) is 0 Å². The van der Waals surface area contributed by atoms with Crippen LogP contribution in [0.15, 0.2) is 0 Å². The molecular weight excluding hydrogens is 396 g/mol. The lowest BCUT2D eigenvalue weighted by molar-refractivity contribution is -0.137. The van der Waals surface area contributed by atoms with E-state index in [2.05, 4.69) is 10.6 Å². The van der Waals surface area contributed by atoms with Gasteiger partial charge in [0, 0.05) is 39.1 Å². The highest BCUT2D eigenvalue weighted by Crippen LogP contribution is 2.06. The first-order chi connectivity index (χ1) is 14.2. The molecule has 0 rings (SSSR count). The number of carboxylic acid groups (broad SMARTS) is 1. The second-order valence-electron chi connectivity index (χ2n) is 7.57. The first kappa shape index (κ1) is 28.1. The lowest BCUT2D eigenvalue weighted by atomic mass is 10.2. The Balaban J connectivity index is 3.24. The average molecular weight is 435 g/mol. The van der Waals surface area contributed by atoms with Gasteiger partial charge in [-0.25, -0.2) is 4.79 Å². The molecule has 0 aliphatic carbocycles. The summed E-state index contributed by atoms with van der Waals surface area (Å²) in [5.74, 6) is -1.03. The summed E-state index contributed by atoms with van der Waals surface area (Å²) >= 11 is 0. The van der Waals surface area contributed by atoms with Crippen LogP contribution in [0.4, 0.5) is 4.79 Å². The summed E-state index contributed by atoms with van der Waals surface area (Å²) in [6.45, 7) is 9.35. The summed E-state index contributed by atoms with van der Waals surface area (Å²) in [4.78, 5) is 33.2. The lowest BCUT2D eigenvalue weighted by Gasteiger charge is -2.19. The zero-order valence-electron chi connectivity index (χ0n) is 18.5. The highest BCUT2D eigenvalue weighted by molar-refractivity contribution is 5.76. The van der Waals surface area contributed by atoms with Gasteiger partial charge < -0.3 is 34.7 Å². The van der Waals surface area contributed by atoms with Crippen molar-refractivity contribution in [1.29, 1.82) is 0 Å². The molecule has 0 saturated heterocycles. The largest absolute Gasteiger partial charge is 0.481 e.